The Morgan fingerprint density at radius 2 is 2.06 bits per heavy atom. The van der Waals surface area contributed by atoms with Gasteiger partial charge in [-0.05, 0) is 17.7 Å². The van der Waals surface area contributed by atoms with E-state index in [1.807, 2.05) is 43.7 Å². The molecular formula is C13H14N4. The molecule has 0 radical (unpaired) electrons. The first-order valence-corrected chi connectivity index (χ1v) is 5.45. The monoisotopic (exact) mass is 226 g/mol. The zero-order valence-electron chi connectivity index (χ0n) is 9.72. The highest BCUT2D eigenvalue weighted by Crippen LogP contribution is 2.11. The second-order valence-corrected chi connectivity index (χ2v) is 3.91. The minimum absolute atomic E-state index is 0.461. The van der Waals surface area contributed by atoms with Gasteiger partial charge in [0.1, 0.15) is 0 Å². The van der Waals surface area contributed by atoms with Gasteiger partial charge in [0.2, 0.25) is 0 Å². The van der Waals surface area contributed by atoms with Crippen LogP contribution in [0.3, 0.4) is 0 Å². The molecule has 17 heavy (non-hydrogen) atoms. The molecule has 1 aromatic heterocycles. The third-order valence-electron chi connectivity index (χ3n) is 2.49. The highest BCUT2D eigenvalue weighted by Gasteiger charge is 1.97. The summed E-state index contributed by atoms with van der Waals surface area (Å²) in [5, 5.41) is 16.0. The Balaban J connectivity index is 1.93. The van der Waals surface area contributed by atoms with Gasteiger partial charge in [-0.25, -0.2) is 0 Å². The maximum absolute atomic E-state index is 8.57. The zero-order chi connectivity index (χ0) is 12.1. The minimum Gasteiger partial charge on any atom is -0.381 e. The molecule has 0 spiro atoms. The van der Waals surface area contributed by atoms with Crippen molar-refractivity contribution in [3.05, 3.63) is 47.8 Å². The number of hydrogen-bond acceptors (Lipinski definition) is 3. The predicted molar refractivity (Wildman–Crippen MR) is 66.3 cm³/mol. The fourth-order valence-corrected chi connectivity index (χ4v) is 1.60. The topological polar surface area (TPSA) is 53.6 Å². The number of anilines is 1. The molecule has 0 bridgehead atoms. The average Bonchev–Trinajstić information content (AvgIpc) is 2.75. The number of benzene rings is 1. The van der Waals surface area contributed by atoms with Gasteiger partial charge < -0.3 is 5.32 Å². The molecule has 0 aliphatic carbocycles. The van der Waals surface area contributed by atoms with Crippen molar-refractivity contribution in [2.45, 2.75) is 13.0 Å². The largest absolute Gasteiger partial charge is 0.381 e. The van der Waals surface area contributed by atoms with Gasteiger partial charge in [-0.15, -0.1) is 0 Å². The lowest BCUT2D eigenvalue weighted by Gasteiger charge is -2.05. The molecule has 0 saturated carbocycles. The number of hydrogen-bond donors (Lipinski definition) is 1. The van der Waals surface area contributed by atoms with Gasteiger partial charge in [-0.3, -0.25) is 4.68 Å². The van der Waals surface area contributed by atoms with Crippen LogP contribution in [0.2, 0.25) is 0 Å². The van der Waals surface area contributed by atoms with E-state index in [0.717, 1.165) is 23.4 Å². The molecular weight excluding hydrogens is 212 g/mol. The molecule has 0 unspecified atom stereocenters. The van der Waals surface area contributed by atoms with Crippen molar-refractivity contribution in [2.24, 2.45) is 7.05 Å². The van der Waals surface area contributed by atoms with Crippen molar-refractivity contribution < 1.29 is 0 Å². The first-order valence-electron chi connectivity index (χ1n) is 5.45. The average molecular weight is 226 g/mol. The Morgan fingerprint density at radius 3 is 2.65 bits per heavy atom. The summed E-state index contributed by atoms with van der Waals surface area (Å²) >= 11 is 0. The fourth-order valence-electron chi connectivity index (χ4n) is 1.60. The van der Waals surface area contributed by atoms with Crippen molar-refractivity contribution in [1.82, 2.24) is 9.78 Å². The van der Waals surface area contributed by atoms with E-state index in [1.165, 1.54) is 0 Å². The summed E-state index contributed by atoms with van der Waals surface area (Å²) in [6, 6.07) is 10.0. The van der Waals surface area contributed by atoms with Gasteiger partial charge in [0.15, 0.2) is 0 Å². The molecule has 4 heteroatoms. The molecule has 2 aromatic rings. The third-order valence-corrected chi connectivity index (χ3v) is 2.49. The van der Waals surface area contributed by atoms with Crippen LogP contribution in [0.1, 0.15) is 11.1 Å². The summed E-state index contributed by atoms with van der Waals surface area (Å²) in [5.74, 6) is 0. The number of aromatic nitrogens is 2. The van der Waals surface area contributed by atoms with Crippen LogP contribution in [0.15, 0.2) is 36.7 Å². The zero-order valence-corrected chi connectivity index (χ0v) is 9.72. The maximum Gasteiger partial charge on any atom is 0.0669 e. The lowest BCUT2D eigenvalue weighted by Crippen LogP contribution is -1.98. The molecule has 86 valence electrons. The molecule has 1 aromatic carbocycles. The molecule has 0 amide bonds. The Hall–Kier alpha value is -2.28. The van der Waals surface area contributed by atoms with E-state index in [0.29, 0.717) is 6.42 Å². The van der Waals surface area contributed by atoms with Gasteiger partial charge in [-0.2, -0.15) is 10.4 Å². The van der Waals surface area contributed by atoms with Crippen LogP contribution in [-0.2, 0) is 20.0 Å². The highest BCUT2D eigenvalue weighted by molar-refractivity contribution is 5.45. The Labute approximate surface area is 100 Å². The standard InChI is InChI=1S/C13H14N4/c1-17-10-12(9-16-17)8-15-13-4-2-11(3-5-13)6-7-14/h2-5,9-10,15H,6,8H2,1H3. The summed E-state index contributed by atoms with van der Waals surface area (Å²) in [4.78, 5) is 0. The summed E-state index contributed by atoms with van der Waals surface area (Å²) in [6.45, 7) is 0.755. The first kappa shape index (κ1) is 11.2. The Morgan fingerprint density at radius 1 is 1.29 bits per heavy atom. The number of rotatable bonds is 4. The molecule has 4 nitrogen and oxygen atoms in total. The lowest BCUT2D eigenvalue weighted by atomic mass is 10.1. The number of nitrogens with zero attached hydrogens (tertiary/aromatic N) is 3. The molecule has 0 aliphatic rings. The highest BCUT2D eigenvalue weighted by atomic mass is 15.2. The minimum atomic E-state index is 0.461. The van der Waals surface area contributed by atoms with Crippen LogP contribution >= 0.6 is 0 Å². The van der Waals surface area contributed by atoms with Crippen molar-refractivity contribution in [3.8, 4) is 6.07 Å². The van der Waals surface area contributed by atoms with E-state index >= 15 is 0 Å². The summed E-state index contributed by atoms with van der Waals surface area (Å²) in [5.41, 5.74) is 3.24. The third kappa shape index (κ3) is 3.08. The quantitative estimate of drug-likeness (QED) is 0.868. The Bertz CT molecular complexity index is 519. The summed E-state index contributed by atoms with van der Waals surface area (Å²) in [6.07, 6.45) is 4.29. The molecule has 1 heterocycles. The van der Waals surface area contributed by atoms with Crippen molar-refractivity contribution >= 4 is 5.69 Å². The van der Waals surface area contributed by atoms with Crippen LogP contribution in [0.25, 0.3) is 0 Å². The molecule has 0 fully saturated rings. The van der Waals surface area contributed by atoms with E-state index in [9.17, 15) is 0 Å². The van der Waals surface area contributed by atoms with E-state index in [4.69, 9.17) is 5.26 Å². The van der Waals surface area contributed by atoms with Crippen molar-refractivity contribution in [3.63, 3.8) is 0 Å². The van der Waals surface area contributed by atoms with Crippen LogP contribution < -0.4 is 5.32 Å². The second-order valence-electron chi connectivity index (χ2n) is 3.91. The van der Waals surface area contributed by atoms with Crippen molar-refractivity contribution in [2.75, 3.05) is 5.32 Å². The van der Waals surface area contributed by atoms with Crippen LogP contribution in [-0.4, -0.2) is 9.78 Å². The second kappa shape index (κ2) is 5.17. The predicted octanol–water partition coefficient (Wildman–Crippen LogP) is 2.10. The number of nitriles is 1. The molecule has 2 rings (SSSR count). The van der Waals surface area contributed by atoms with Crippen molar-refractivity contribution in [1.29, 1.82) is 5.26 Å². The van der Waals surface area contributed by atoms with Gasteiger partial charge >= 0.3 is 0 Å². The Kier molecular flexibility index (Phi) is 3.41. The van der Waals surface area contributed by atoms with Gasteiger partial charge in [-0.1, -0.05) is 12.1 Å². The van der Waals surface area contributed by atoms with E-state index in [2.05, 4.69) is 16.5 Å². The van der Waals surface area contributed by atoms with Gasteiger partial charge in [0, 0.05) is 31.0 Å². The fraction of sp³-hybridized carbons (Fsp3) is 0.231. The van der Waals surface area contributed by atoms with Crippen LogP contribution in [0.5, 0.6) is 0 Å². The van der Waals surface area contributed by atoms with E-state index in [1.54, 1.807) is 4.68 Å². The van der Waals surface area contributed by atoms with Crippen LogP contribution in [0, 0.1) is 11.3 Å². The van der Waals surface area contributed by atoms with Gasteiger partial charge in [0.25, 0.3) is 0 Å². The molecule has 0 atom stereocenters. The normalized spacial score (nSPS) is 9.88. The summed E-state index contributed by atoms with van der Waals surface area (Å²) in [7, 11) is 1.90. The van der Waals surface area contributed by atoms with Gasteiger partial charge in [0.05, 0.1) is 18.7 Å². The maximum atomic E-state index is 8.57. The number of nitrogens with one attached hydrogen (secondary N) is 1. The van der Waals surface area contributed by atoms with Crippen LogP contribution in [0.4, 0.5) is 5.69 Å². The van der Waals surface area contributed by atoms with E-state index < -0.39 is 0 Å². The van der Waals surface area contributed by atoms with E-state index in [-0.39, 0.29) is 0 Å². The molecule has 0 saturated heterocycles. The number of aryl methyl sites for hydroxylation is 1. The first-order chi connectivity index (χ1) is 8.28. The summed E-state index contributed by atoms with van der Waals surface area (Å²) < 4.78 is 1.78. The molecule has 0 aliphatic heterocycles. The molecule has 1 N–H and O–H groups in total. The lowest BCUT2D eigenvalue weighted by molar-refractivity contribution is 0.767. The smallest absolute Gasteiger partial charge is 0.0669 e. The SMILES string of the molecule is Cn1cc(CNc2ccc(CC#N)cc2)cn1.